The number of carbonyl (C=O) groups is 4. The van der Waals surface area contributed by atoms with Crippen LogP contribution >= 0.6 is 11.3 Å². The first-order valence-corrected chi connectivity index (χ1v) is 11.8. The van der Waals surface area contributed by atoms with E-state index in [4.69, 9.17) is 9.47 Å². The zero-order chi connectivity index (χ0) is 25.4. The molecule has 0 aliphatic rings. The second-order valence-electron chi connectivity index (χ2n) is 7.55. The summed E-state index contributed by atoms with van der Waals surface area (Å²) in [7, 11) is 0. The van der Waals surface area contributed by atoms with Crippen LogP contribution in [0.1, 0.15) is 38.8 Å². The van der Waals surface area contributed by atoms with E-state index in [1.165, 1.54) is 11.3 Å². The number of hydrogen-bond donors (Lipinski definition) is 2. The Morgan fingerprint density at radius 3 is 2.29 bits per heavy atom. The fraction of sp³-hybridized carbons (Fsp3) is 0.231. The lowest BCUT2D eigenvalue weighted by Crippen LogP contribution is -2.32. The van der Waals surface area contributed by atoms with Crippen LogP contribution in [-0.4, -0.2) is 43.5 Å². The van der Waals surface area contributed by atoms with Crippen LogP contribution < -0.4 is 10.6 Å². The third-order valence-corrected chi connectivity index (χ3v) is 6.32. The molecule has 2 aromatic carbocycles. The zero-order valence-corrected chi connectivity index (χ0v) is 20.5. The quantitative estimate of drug-likeness (QED) is 0.433. The predicted octanol–water partition coefficient (Wildman–Crippen LogP) is 4.12. The van der Waals surface area contributed by atoms with E-state index in [-0.39, 0.29) is 18.7 Å². The molecule has 3 aromatic rings. The van der Waals surface area contributed by atoms with Gasteiger partial charge in [0.25, 0.3) is 11.8 Å². The lowest BCUT2D eigenvalue weighted by molar-refractivity contribution is -0.146. The summed E-state index contributed by atoms with van der Waals surface area (Å²) in [6, 6.07) is 16.4. The van der Waals surface area contributed by atoms with Crippen molar-refractivity contribution >= 4 is 40.1 Å². The largest absolute Gasteiger partial charge is 0.462 e. The summed E-state index contributed by atoms with van der Waals surface area (Å²) in [4.78, 5) is 50.1. The molecule has 35 heavy (non-hydrogen) atoms. The van der Waals surface area contributed by atoms with Gasteiger partial charge in [0, 0.05) is 10.4 Å². The first-order valence-electron chi connectivity index (χ1n) is 11.0. The highest BCUT2D eigenvalue weighted by atomic mass is 32.1. The topological polar surface area (TPSA) is 111 Å². The summed E-state index contributed by atoms with van der Waals surface area (Å²) >= 11 is 1.24. The van der Waals surface area contributed by atoms with Gasteiger partial charge in [-0.15, -0.1) is 11.3 Å². The van der Waals surface area contributed by atoms with Gasteiger partial charge in [0.15, 0.2) is 6.61 Å². The molecule has 8 nitrogen and oxygen atoms in total. The molecule has 0 saturated carbocycles. The minimum Gasteiger partial charge on any atom is -0.462 e. The second-order valence-corrected chi connectivity index (χ2v) is 8.57. The first-order chi connectivity index (χ1) is 16.8. The molecule has 0 saturated heterocycles. The lowest BCUT2D eigenvalue weighted by atomic mass is 10.1. The van der Waals surface area contributed by atoms with Crippen LogP contribution in [-0.2, 0) is 19.1 Å². The zero-order valence-electron chi connectivity index (χ0n) is 19.7. The minimum absolute atomic E-state index is 0.189. The maximum atomic E-state index is 12.6. The number of esters is 2. The first kappa shape index (κ1) is 25.6. The average Bonchev–Trinajstić information content (AvgIpc) is 3.17. The van der Waals surface area contributed by atoms with Gasteiger partial charge in [-0.1, -0.05) is 48.5 Å². The molecule has 0 bridgehead atoms. The number of ether oxygens (including phenoxy) is 2. The van der Waals surface area contributed by atoms with Gasteiger partial charge >= 0.3 is 11.9 Å². The van der Waals surface area contributed by atoms with Gasteiger partial charge in [-0.05, 0) is 43.5 Å². The highest BCUT2D eigenvalue weighted by molar-refractivity contribution is 7.20. The van der Waals surface area contributed by atoms with Crippen LogP contribution in [0.5, 0.6) is 0 Å². The molecule has 0 unspecified atom stereocenters. The Kier molecular flexibility index (Phi) is 8.74. The molecule has 2 amide bonds. The summed E-state index contributed by atoms with van der Waals surface area (Å²) in [6.45, 7) is 4.51. The van der Waals surface area contributed by atoms with Gasteiger partial charge in [-0.2, -0.15) is 0 Å². The van der Waals surface area contributed by atoms with Gasteiger partial charge in [-0.25, -0.2) is 4.79 Å². The van der Waals surface area contributed by atoms with Crippen molar-refractivity contribution in [3.8, 4) is 10.4 Å². The Morgan fingerprint density at radius 1 is 0.914 bits per heavy atom. The van der Waals surface area contributed by atoms with Gasteiger partial charge in [0.2, 0.25) is 0 Å². The third kappa shape index (κ3) is 6.54. The van der Waals surface area contributed by atoms with Crippen molar-refractivity contribution in [1.29, 1.82) is 0 Å². The van der Waals surface area contributed by atoms with E-state index in [1.54, 1.807) is 39.0 Å². The molecule has 1 aromatic heterocycles. The Balaban J connectivity index is 1.62. The van der Waals surface area contributed by atoms with Crippen molar-refractivity contribution in [1.82, 2.24) is 5.32 Å². The molecule has 0 aliphatic heterocycles. The number of nitrogens with one attached hydrogen (secondary N) is 2. The molecule has 2 N–H and O–H groups in total. The van der Waals surface area contributed by atoms with E-state index in [9.17, 15) is 19.2 Å². The molecule has 0 fully saturated rings. The van der Waals surface area contributed by atoms with Crippen molar-refractivity contribution in [2.75, 3.05) is 25.1 Å². The summed E-state index contributed by atoms with van der Waals surface area (Å²) in [6.07, 6.45) is 0. The lowest BCUT2D eigenvalue weighted by Gasteiger charge is -2.09. The fourth-order valence-corrected chi connectivity index (χ4v) is 4.57. The second kappa shape index (κ2) is 11.9. The van der Waals surface area contributed by atoms with Crippen molar-refractivity contribution < 1.29 is 28.7 Å². The highest BCUT2D eigenvalue weighted by Crippen LogP contribution is 2.40. The molecule has 0 spiro atoms. The van der Waals surface area contributed by atoms with Crippen LogP contribution in [0, 0.1) is 13.8 Å². The monoisotopic (exact) mass is 494 g/mol. The van der Waals surface area contributed by atoms with Crippen molar-refractivity contribution in [3.05, 3.63) is 76.9 Å². The third-order valence-electron chi connectivity index (χ3n) is 5.06. The Morgan fingerprint density at radius 2 is 1.60 bits per heavy atom. The fourth-order valence-electron chi connectivity index (χ4n) is 3.35. The summed E-state index contributed by atoms with van der Waals surface area (Å²) in [5, 5.41) is 5.44. The minimum atomic E-state index is -0.764. The Hall–Kier alpha value is -3.98. The number of benzene rings is 2. The summed E-state index contributed by atoms with van der Waals surface area (Å²) in [5.74, 6) is -2.34. The van der Waals surface area contributed by atoms with E-state index in [0.717, 1.165) is 16.0 Å². The molecule has 0 radical (unpaired) electrons. The van der Waals surface area contributed by atoms with Crippen LogP contribution in [0.15, 0.2) is 54.6 Å². The number of aryl methyl sites for hydroxylation is 1. The van der Waals surface area contributed by atoms with E-state index >= 15 is 0 Å². The molecule has 0 aliphatic carbocycles. The molecule has 3 rings (SSSR count). The molecule has 182 valence electrons. The number of thiophene rings is 1. The highest BCUT2D eigenvalue weighted by Gasteiger charge is 2.24. The predicted molar refractivity (Wildman–Crippen MR) is 134 cm³/mol. The number of rotatable bonds is 9. The number of anilines is 1. The van der Waals surface area contributed by atoms with Gasteiger partial charge in [0.1, 0.15) is 11.5 Å². The normalized spacial score (nSPS) is 10.4. The van der Waals surface area contributed by atoms with E-state index in [0.29, 0.717) is 16.1 Å². The molecule has 9 heteroatoms. The van der Waals surface area contributed by atoms with Crippen molar-refractivity contribution in [2.45, 2.75) is 20.8 Å². The van der Waals surface area contributed by atoms with Gasteiger partial charge in [-0.3, -0.25) is 14.4 Å². The summed E-state index contributed by atoms with van der Waals surface area (Å²) < 4.78 is 10.2. The standard InChI is InChI=1S/C26H26N2O6S/c1-4-33-26(32)22-17(3)23(18-11-6-5-7-12-18)35-25(22)28-20(29)15-34-21(30)14-27-24(31)19-13-9-8-10-16(19)2/h5-13H,4,14-15H2,1-3H3,(H,27,31)(H,28,29). The van der Waals surface area contributed by atoms with E-state index in [2.05, 4.69) is 10.6 Å². The Labute approximate surface area is 207 Å². The molecule has 1 heterocycles. The van der Waals surface area contributed by atoms with Crippen LogP contribution in [0.2, 0.25) is 0 Å². The SMILES string of the molecule is CCOC(=O)c1c(NC(=O)COC(=O)CNC(=O)c2ccccc2C)sc(-c2ccccc2)c1C. The van der Waals surface area contributed by atoms with Gasteiger partial charge in [0.05, 0.1) is 12.2 Å². The number of amides is 2. The molecule has 0 atom stereocenters. The maximum Gasteiger partial charge on any atom is 0.341 e. The van der Waals surface area contributed by atoms with E-state index < -0.39 is 30.4 Å². The van der Waals surface area contributed by atoms with Crippen LogP contribution in [0.25, 0.3) is 10.4 Å². The summed E-state index contributed by atoms with van der Waals surface area (Å²) in [5.41, 5.74) is 3.08. The molecular formula is C26H26N2O6S. The smallest absolute Gasteiger partial charge is 0.341 e. The van der Waals surface area contributed by atoms with E-state index in [1.807, 2.05) is 36.4 Å². The van der Waals surface area contributed by atoms with Gasteiger partial charge < -0.3 is 20.1 Å². The molecular weight excluding hydrogens is 468 g/mol. The Bertz CT molecular complexity index is 1240. The number of hydrogen-bond acceptors (Lipinski definition) is 7. The van der Waals surface area contributed by atoms with Crippen LogP contribution in [0.4, 0.5) is 5.00 Å². The maximum absolute atomic E-state index is 12.6. The van der Waals surface area contributed by atoms with Crippen molar-refractivity contribution in [3.63, 3.8) is 0 Å². The average molecular weight is 495 g/mol. The number of carbonyl (C=O) groups excluding carboxylic acids is 4. The van der Waals surface area contributed by atoms with Crippen LogP contribution in [0.3, 0.4) is 0 Å². The van der Waals surface area contributed by atoms with Crippen molar-refractivity contribution in [2.24, 2.45) is 0 Å².